The van der Waals surface area contributed by atoms with Gasteiger partial charge in [0.1, 0.15) is 0 Å². The first kappa shape index (κ1) is 18.0. The summed E-state index contributed by atoms with van der Waals surface area (Å²) in [4.78, 5) is 16.5. The van der Waals surface area contributed by atoms with Crippen LogP contribution in [0.25, 0.3) is 33.5 Å². The molecule has 0 bridgehead atoms. The molecule has 0 fully saturated rings. The number of carbonyl (C=O) groups is 1. The van der Waals surface area contributed by atoms with Gasteiger partial charge in [0, 0.05) is 15.6 Å². The van der Waals surface area contributed by atoms with Crippen LogP contribution in [0.1, 0.15) is 10.4 Å². The second-order valence-electron chi connectivity index (χ2n) is 6.05. The number of hydrogen-bond acceptors (Lipinski definition) is 5. The Kier molecular flexibility index (Phi) is 4.48. The van der Waals surface area contributed by atoms with E-state index in [4.69, 9.17) is 4.74 Å². The second kappa shape index (κ2) is 6.97. The molecular formula is C20H14BrN3O4. The lowest BCUT2D eigenvalue weighted by atomic mass is 10.0. The van der Waals surface area contributed by atoms with Crippen molar-refractivity contribution in [3.8, 4) is 34.0 Å². The fraction of sp³-hybridized carbons (Fsp3) is 0.0500. The van der Waals surface area contributed by atoms with Gasteiger partial charge in [-0.15, -0.1) is 0 Å². The van der Waals surface area contributed by atoms with E-state index in [0.717, 1.165) is 10.0 Å². The van der Waals surface area contributed by atoms with Crippen LogP contribution in [-0.4, -0.2) is 38.5 Å². The van der Waals surface area contributed by atoms with Crippen LogP contribution >= 0.6 is 15.9 Å². The molecule has 3 N–H and O–H groups in total. The number of benzene rings is 2. The Labute approximate surface area is 167 Å². The lowest BCUT2D eigenvalue weighted by molar-refractivity contribution is 0.0699. The zero-order valence-electron chi connectivity index (χ0n) is 14.6. The largest absolute Gasteiger partial charge is 0.504 e. The Bertz CT molecular complexity index is 1200. The van der Waals surface area contributed by atoms with Crippen molar-refractivity contribution in [3.05, 3.63) is 58.6 Å². The van der Waals surface area contributed by atoms with Gasteiger partial charge in [0.15, 0.2) is 17.1 Å². The van der Waals surface area contributed by atoms with E-state index in [-0.39, 0.29) is 17.1 Å². The number of hydrogen-bond donors (Lipinski definition) is 3. The summed E-state index contributed by atoms with van der Waals surface area (Å²) in [6.07, 6.45) is 0. The van der Waals surface area contributed by atoms with Crippen molar-refractivity contribution in [1.82, 2.24) is 15.2 Å². The minimum atomic E-state index is -1.08. The number of ether oxygens (including phenoxy) is 1. The molecule has 8 heteroatoms. The number of nitrogens with zero attached hydrogens (tertiary/aromatic N) is 2. The van der Waals surface area contributed by atoms with Gasteiger partial charge in [-0.25, -0.2) is 9.78 Å². The van der Waals surface area contributed by atoms with Gasteiger partial charge in [0.05, 0.1) is 29.4 Å². The van der Waals surface area contributed by atoms with Crippen LogP contribution in [0.4, 0.5) is 0 Å². The van der Waals surface area contributed by atoms with Crippen molar-refractivity contribution >= 4 is 32.9 Å². The zero-order valence-corrected chi connectivity index (χ0v) is 16.2. The Morgan fingerprint density at radius 2 is 1.82 bits per heavy atom. The van der Waals surface area contributed by atoms with E-state index in [1.54, 1.807) is 12.1 Å². The van der Waals surface area contributed by atoms with Gasteiger partial charge in [0.25, 0.3) is 0 Å². The highest BCUT2D eigenvalue weighted by molar-refractivity contribution is 9.10. The highest BCUT2D eigenvalue weighted by atomic mass is 79.9. The first-order chi connectivity index (χ1) is 13.5. The molecular weight excluding hydrogens is 426 g/mol. The van der Waals surface area contributed by atoms with E-state index >= 15 is 0 Å². The maximum Gasteiger partial charge on any atom is 0.336 e. The summed E-state index contributed by atoms with van der Waals surface area (Å²) in [5, 5.41) is 27.1. The number of carboxylic acid groups (broad SMARTS) is 1. The van der Waals surface area contributed by atoms with Crippen LogP contribution in [-0.2, 0) is 0 Å². The smallest absolute Gasteiger partial charge is 0.336 e. The second-order valence-corrected chi connectivity index (χ2v) is 6.97. The molecule has 2 heterocycles. The average molecular weight is 440 g/mol. The molecule has 0 amide bonds. The van der Waals surface area contributed by atoms with Crippen molar-refractivity contribution in [1.29, 1.82) is 0 Å². The number of aromatic amines is 1. The molecule has 0 aliphatic heterocycles. The number of halogens is 1. The molecule has 4 rings (SSSR count). The van der Waals surface area contributed by atoms with Crippen LogP contribution in [0.2, 0.25) is 0 Å². The molecule has 2 aromatic heterocycles. The number of pyridine rings is 1. The highest BCUT2D eigenvalue weighted by Gasteiger charge is 2.20. The number of H-pyrrole nitrogens is 1. The summed E-state index contributed by atoms with van der Waals surface area (Å²) in [6.45, 7) is 0. The maximum atomic E-state index is 12.0. The Morgan fingerprint density at radius 1 is 1.11 bits per heavy atom. The fourth-order valence-electron chi connectivity index (χ4n) is 3.00. The molecule has 0 saturated heterocycles. The number of aromatic nitrogens is 3. The molecule has 2 aromatic carbocycles. The van der Waals surface area contributed by atoms with E-state index in [2.05, 4.69) is 31.1 Å². The number of carboxylic acids is 1. The molecule has 0 atom stereocenters. The Balaban J connectivity index is 1.93. The third-order valence-electron chi connectivity index (χ3n) is 4.36. The minimum absolute atomic E-state index is 0.0110. The van der Waals surface area contributed by atoms with Crippen LogP contribution in [0.5, 0.6) is 11.5 Å². The van der Waals surface area contributed by atoms with Crippen molar-refractivity contribution in [2.75, 3.05) is 7.11 Å². The standard InChI is InChI=1S/C20H14BrN3O4/c1-28-16-8-11(4-7-15(16)25)14-9-13(20(26)27)17-18(23-24-19(17)22-14)10-2-5-12(21)6-3-10/h2-9,25H,1H3,(H,26,27)(H,22,23,24). The molecule has 4 aromatic rings. The van der Waals surface area contributed by atoms with Crippen molar-refractivity contribution in [2.45, 2.75) is 0 Å². The third-order valence-corrected chi connectivity index (χ3v) is 4.89. The highest BCUT2D eigenvalue weighted by Crippen LogP contribution is 2.34. The van der Waals surface area contributed by atoms with Crippen LogP contribution in [0.15, 0.2) is 53.0 Å². The molecule has 0 radical (unpaired) electrons. The van der Waals surface area contributed by atoms with Gasteiger partial charge < -0.3 is 14.9 Å². The number of phenolic OH excluding ortho intramolecular Hbond substituents is 1. The molecule has 0 aliphatic rings. The number of phenols is 1. The van der Waals surface area contributed by atoms with E-state index in [0.29, 0.717) is 28.0 Å². The molecule has 0 saturated carbocycles. The van der Waals surface area contributed by atoms with Crippen molar-refractivity contribution in [3.63, 3.8) is 0 Å². The monoisotopic (exact) mass is 439 g/mol. The van der Waals surface area contributed by atoms with E-state index in [1.807, 2.05) is 24.3 Å². The molecule has 0 unspecified atom stereocenters. The minimum Gasteiger partial charge on any atom is -0.504 e. The maximum absolute atomic E-state index is 12.0. The molecule has 7 nitrogen and oxygen atoms in total. The molecule has 140 valence electrons. The normalized spacial score (nSPS) is 10.9. The summed E-state index contributed by atoms with van der Waals surface area (Å²) in [5.74, 6) is -0.823. The van der Waals surface area contributed by atoms with Gasteiger partial charge in [-0.3, -0.25) is 5.10 Å². The fourth-order valence-corrected chi connectivity index (χ4v) is 3.27. The summed E-state index contributed by atoms with van der Waals surface area (Å²) in [5.41, 5.74) is 2.78. The van der Waals surface area contributed by atoms with Crippen LogP contribution in [0.3, 0.4) is 0 Å². The zero-order chi connectivity index (χ0) is 19.8. The molecule has 28 heavy (non-hydrogen) atoms. The lowest BCUT2D eigenvalue weighted by Crippen LogP contribution is -2.00. The van der Waals surface area contributed by atoms with E-state index < -0.39 is 5.97 Å². The van der Waals surface area contributed by atoms with E-state index in [1.165, 1.54) is 19.2 Å². The summed E-state index contributed by atoms with van der Waals surface area (Å²) < 4.78 is 6.04. The lowest BCUT2D eigenvalue weighted by Gasteiger charge is -2.08. The van der Waals surface area contributed by atoms with Gasteiger partial charge in [-0.1, -0.05) is 28.1 Å². The van der Waals surface area contributed by atoms with Gasteiger partial charge in [0.2, 0.25) is 0 Å². The summed E-state index contributed by atoms with van der Waals surface area (Å²) in [6, 6.07) is 13.7. The quantitative estimate of drug-likeness (QED) is 0.432. The topological polar surface area (TPSA) is 108 Å². The van der Waals surface area contributed by atoms with Gasteiger partial charge >= 0.3 is 5.97 Å². The van der Waals surface area contributed by atoms with Gasteiger partial charge in [-0.2, -0.15) is 5.10 Å². The number of aromatic hydroxyl groups is 1. The first-order valence-corrected chi connectivity index (χ1v) is 9.03. The number of fused-ring (bicyclic) bond motifs is 1. The van der Waals surface area contributed by atoms with Crippen LogP contribution < -0.4 is 4.74 Å². The van der Waals surface area contributed by atoms with Crippen molar-refractivity contribution in [2.24, 2.45) is 0 Å². The van der Waals surface area contributed by atoms with Crippen LogP contribution in [0, 0.1) is 0 Å². The number of rotatable bonds is 4. The van der Waals surface area contributed by atoms with Crippen molar-refractivity contribution < 1.29 is 19.7 Å². The SMILES string of the molecule is COc1cc(-c2cc(C(=O)O)c3c(-c4ccc(Br)cc4)[nH]nc3n2)ccc1O. The molecule has 0 aliphatic carbocycles. The third kappa shape index (κ3) is 3.07. The number of methoxy groups -OCH3 is 1. The number of nitrogens with one attached hydrogen (secondary N) is 1. The Hall–Kier alpha value is -3.39. The summed E-state index contributed by atoms with van der Waals surface area (Å²) >= 11 is 3.39. The predicted molar refractivity (Wildman–Crippen MR) is 108 cm³/mol. The summed E-state index contributed by atoms with van der Waals surface area (Å²) in [7, 11) is 1.44. The predicted octanol–water partition coefficient (Wildman–Crippen LogP) is 4.47. The Morgan fingerprint density at radius 3 is 2.50 bits per heavy atom. The molecule has 0 spiro atoms. The average Bonchev–Trinajstić information content (AvgIpc) is 3.12. The van der Waals surface area contributed by atoms with E-state index in [9.17, 15) is 15.0 Å². The van der Waals surface area contributed by atoms with Gasteiger partial charge in [-0.05, 0) is 36.4 Å². The first-order valence-electron chi connectivity index (χ1n) is 8.23. The number of aromatic carboxylic acids is 1.